The number of halogens is 3. The average Bonchev–Trinajstić information content (AvgIpc) is 2.43. The van der Waals surface area contributed by atoms with Gasteiger partial charge in [0.2, 0.25) is 0 Å². The van der Waals surface area contributed by atoms with Crippen molar-refractivity contribution in [2.45, 2.75) is 13.0 Å². The predicted octanol–water partition coefficient (Wildman–Crippen LogP) is 4.46. The molecule has 0 fully saturated rings. The van der Waals surface area contributed by atoms with Gasteiger partial charge in [-0.2, -0.15) is 0 Å². The van der Waals surface area contributed by atoms with Crippen molar-refractivity contribution in [3.63, 3.8) is 0 Å². The molecule has 1 N–H and O–H groups in total. The van der Waals surface area contributed by atoms with Gasteiger partial charge >= 0.3 is 0 Å². The fraction of sp³-hybridized carbons (Fsp3) is 0.125. The molecule has 0 radical (unpaired) electrons. The van der Waals surface area contributed by atoms with E-state index in [9.17, 15) is 18.3 Å². The van der Waals surface area contributed by atoms with Crippen LogP contribution < -0.4 is 0 Å². The molecule has 0 heterocycles. The van der Waals surface area contributed by atoms with E-state index >= 15 is 0 Å². The van der Waals surface area contributed by atoms with Crippen molar-refractivity contribution in [3.05, 3.63) is 59.4 Å². The summed E-state index contributed by atoms with van der Waals surface area (Å²) in [7, 11) is 0. The van der Waals surface area contributed by atoms with Crippen molar-refractivity contribution in [2.24, 2.45) is 0 Å². The third kappa shape index (κ3) is 1.76. The Hall–Kier alpha value is -2.07. The molecule has 0 aliphatic rings. The predicted molar refractivity (Wildman–Crippen MR) is 72.0 cm³/mol. The maximum atomic E-state index is 13.9. The molecule has 1 atom stereocenters. The molecule has 3 aromatic carbocycles. The third-order valence-electron chi connectivity index (χ3n) is 3.45. The largest absolute Gasteiger partial charge is 0.389 e. The van der Waals surface area contributed by atoms with Gasteiger partial charge in [-0.1, -0.05) is 24.3 Å². The first kappa shape index (κ1) is 12.9. The molecule has 4 heteroatoms. The van der Waals surface area contributed by atoms with Crippen LogP contribution in [0.4, 0.5) is 13.2 Å². The highest BCUT2D eigenvalue weighted by Crippen LogP contribution is 2.34. The van der Waals surface area contributed by atoms with E-state index in [-0.39, 0.29) is 16.3 Å². The zero-order valence-corrected chi connectivity index (χ0v) is 10.6. The Balaban J connectivity index is 2.56. The molecule has 0 aliphatic heterocycles. The fourth-order valence-corrected chi connectivity index (χ4v) is 2.50. The minimum Gasteiger partial charge on any atom is -0.389 e. The molecular formula is C16H11F3O. The van der Waals surface area contributed by atoms with E-state index in [2.05, 4.69) is 0 Å². The minimum atomic E-state index is -1.55. The normalized spacial score (nSPS) is 13.1. The molecule has 0 bridgehead atoms. The molecule has 0 spiro atoms. The van der Waals surface area contributed by atoms with Crippen molar-refractivity contribution >= 4 is 21.5 Å². The van der Waals surface area contributed by atoms with E-state index in [0.717, 1.165) is 10.8 Å². The summed E-state index contributed by atoms with van der Waals surface area (Å²) in [6.45, 7) is 1.32. The lowest BCUT2D eigenvalue weighted by molar-refractivity contribution is 0.194. The van der Waals surface area contributed by atoms with Gasteiger partial charge in [-0.25, -0.2) is 13.2 Å². The number of rotatable bonds is 1. The maximum Gasteiger partial charge on any atom is 0.195 e. The van der Waals surface area contributed by atoms with Crippen LogP contribution >= 0.6 is 0 Å². The summed E-state index contributed by atoms with van der Waals surface area (Å²) < 4.78 is 41.4. The zero-order valence-electron chi connectivity index (χ0n) is 10.6. The SMILES string of the molecule is CC(O)c1c(F)c(F)c(F)c2cc3ccccc3cc12. The highest BCUT2D eigenvalue weighted by molar-refractivity contribution is 6.00. The highest BCUT2D eigenvalue weighted by atomic mass is 19.2. The monoisotopic (exact) mass is 276 g/mol. The molecule has 102 valence electrons. The molecule has 3 rings (SSSR count). The average molecular weight is 276 g/mol. The Kier molecular flexibility index (Phi) is 2.91. The van der Waals surface area contributed by atoms with E-state index in [1.54, 1.807) is 30.3 Å². The van der Waals surface area contributed by atoms with Crippen molar-refractivity contribution in [1.82, 2.24) is 0 Å². The summed E-state index contributed by atoms with van der Waals surface area (Å²) in [6.07, 6.45) is -1.23. The molecule has 3 aromatic rings. The van der Waals surface area contributed by atoms with Crippen LogP contribution in [0.2, 0.25) is 0 Å². The van der Waals surface area contributed by atoms with E-state index in [4.69, 9.17) is 0 Å². The molecule has 1 unspecified atom stereocenters. The molecule has 0 aliphatic carbocycles. The van der Waals surface area contributed by atoms with E-state index in [0.29, 0.717) is 0 Å². The van der Waals surface area contributed by atoms with E-state index in [1.165, 1.54) is 13.0 Å². The van der Waals surface area contributed by atoms with Gasteiger partial charge in [-0.15, -0.1) is 0 Å². The lowest BCUT2D eigenvalue weighted by Crippen LogP contribution is -2.04. The van der Waals surface area contributed by atoms with Crippen LogP contribution in [0.25, 0.3) is 21.5 Å². The Labute approximate surface area is 113 Å². The number of aliphatic hydroxyl groups excluding tert-OH is 1. The first-order chi connectivity index (χ1) is 9.50. The molecule has 1 nitrogen and oxygen atoms in total. The smallest absolute Gasteiger partial charge is 0.195 e. The van der Waals surface area contributed by atoms with Crippen molar-refractivity contribution in [3.8, 4) is 0 Å². The minimum absolute atomic E-state index is 0.0292. The van der Waals surface area contributed by atoms with Crippen molar-refractivity contribution < 1.29 is 18.3 Å². The summed E-state index contributed by atoms with van der Waals surface area (Å²) >= 11 is 0. The quantitative estimate of drug-likeness (QED) is 0.514. The first-order valence-corrected chi connectivity index (χ1v) is 6.17. The van der Waals surface area contributed by atoms with Gasteiger partial charge in [0.05, 0.1) is 6.10 Å². The molecule has 0 aromatic heterocycles. The Morgan fingerprint density at radius 3 is 1.95 bits per heavy atom. The topological polar surface area (TPSA) is 20.2 Å². The summed E-state index contributed by atoms with van der Waals surface area (Å²) in [6, 6.07) is 10.2. The second-order valence-corrected chi connectivity index (χ2v) is 4.78. The Morgan fingerprint density at radius 1 is 0.850 bits per heavy atom. The van der Waals surface area contributed by atoms with Crippen molar-refractivity contribution in [2.75, 3.05) is 0 Å². The Morgan fingerprint density at radius 2 is 1.40 bits per heavy atom. The van der Waals surface area contributed by atoms with Crippen molar-refractivity contribution in [1.29, 1.82) is 0 Å². The molecule has 0 amide bonds. The van der Waals surface area contributed by atoms with Gasteiger partial charge in [-0.05, 0) is 35.2 Å². The molecule has 0 saturated carbocycles. The third-order valence-corrected chi connectivity index (χ3v) is 3.45. The van der Waals surface area contributed by atoms with Crippen LogP contribution in [0.1, 0.15) is 18.6 Å². The number of fused-ring (bicyclic) bond motifs is 2. The maximum absolute atomic E-state index is 13.9. The zero-order chi connectivity index (χ0) is 14.4. The van der Waals surface area contributed by atoms with Gasteiger partial charge in [-0.3, -0.25) is 0 Å². The lowest BCUT2D eigenvalue weighted by atomic mass is 9.96. The summed E-state index contributed by atoms with van der Waals surface area (Å²) in [5, 5.41) is 11.3. The van der Waals surface area contributed by atoms with Crippen LogP contribution in [-0.2, 0) is 0 Å². The second kappa shape index (κ2) is 4.49. The van der Waals surface area contributed by atoms with Gasteiger partial charge in [0.1, 0.15) is 0 Å². The van der Waals surface area contributed by atoms with Gasteiger partial charge in [0.25, 0.3) is 0 Å². The van der Waals surface area contributed by atoms with Gasteiger partial charge in [0.15, 0.2) is 17.5 Å². The number of benzene rings is 3. The first-order valence-electron chi connectivity index (χ1n) is 6.17. The van der Waals surface area contributed by atoms with Crippen LogP contribution in [0.3, 0.4) is 0 Å². The molecular weight excluding hydrogens is 265 g/mol. The van der Waals surface area contributed by atoms with E-state index in [1.807, 2.05) is 0 Å². The number of hydrogen-bond donors (Lipinski definition) is 1. The standard InChI is InChI=1S/C16H11F3O/c1-8(20)13-11-6-9-4-2-3-5-10(9)7-12(11)14(17)16(19)15(13)18/h2-8,20H,1H3. The highest BCUT2D eigenvalue weighted by Gasteiger charge is 2.22. The fourth-order valence-electron chi connectivity index (χ4n) is 2.50. The molecule has 0 saturated heterocycles. The lowest BCUT2D eigenvalue weighted by Gasteiger charge is -2.13. The van der Waals surface area contributed by atoms with E-state index < -0.39 is 23.6 Å². The van der Waals surface area contributed by atoms with Gasteiger partial charge < -0.3 is 5.11 Å². The van der Waals surface area contributed by atoms with Crippen LogP contribution in [0, 0.1) is 17.5 Å². The summed E-state index contributed by atoms with van der Waals surface area (Å²) in [5.74, 6) is -4.11. The number of aliphatic hydroxyl groups is 1. The number of hydrogen-bond acceptors (Lipinski definition) is 1. The second-order valence-electron chi connectivity index (χ2n) is 4.78. The van der Waals surface area contributed by atoms with Gasteiger partial charge in [0, 0.05) is 10.9 Å². The summed E-state index contributed by atoms with van der Waals surface area (Å²) in [4.78, 5) is 0. The Bertz CT molecular complexity index is 825. The molecule has 20 heavy (non-hydrogen) atoms. The van der Waals surface area contributed by atoms with Crippen LogP contribution in [-0.4, -0.2) is 5.11 Å². The van der Waals surface area contributed by atoms with Crippen LogP contribution in [0.15, 0.2) is 36.4 Å². The van der Waals surface area contributed by atoms with Crippen LogP contribution in [0.5, 0.6) is 0 Å². The summed E-state index contributed by atoms with van der Waals surface area (Å²) in [5.41, 5.74) is -0.218.